The van der Waals surface area contributed by atoms with E-state index in [1.807, 2.05) is 0 Å². The van der Waals surface area contributed by atoms with E-state index in [-0.39, 0.29) is 0 Å². The van der Waals surface area contributed by atoms with Crippen LogP contribution in [0.5, 0.6) is 0 Å². The first kappa shape index (κ1) is 12.9. The molecule has 0 unspecified atom stereocenters. The average Bonchev–Trinajstić information content (AvgIpc) is 2.88. The van der Waals surface area contributed by atoms with Gasteiger partial charge in [0.15, 0.2) is 0 Å². The van der Waals surface area contributed by atoms with Gasteiger partial charge in [0.2, 0.25) is 5.91 Å². The van der Waals surface area contributed by atoms with Crippen molar-refractivity contribution in [2.24, 2.45) is 11.8 Å². The highest BCUT2D eigenvalue weighted by Crippen LogP contribution is 2.37. The van der Waals surface area contributed by atoms with Crippen molar-refractivity contribution in [2.75, 3.05) is 26.3 Å². The molecule has 0 spiro atoms. The summed E-state index contributed by atoms with van der Waals surface area (Å²) in [4.78, 5) is 14.0. The van der Waals surface area contributed by atoms with Gasteiger partial charge in [-0.05, 0) is 31.1 Å². The number of hydrogen-bond acceptors (Lipinski definition) is 2. The molecule has 0 bridgehead atoms. The van der Waals surface area contributed by atoms with Gasteiger partial charge < -0.3 is 9.64 Å². The molecule has 1 amide bonds. The van der Waals surface area contributed by atoms with Crippen molar-refractivity contribution in [3.63, 3.8) is 0 Å². The van der Waals surface area contributed by atoms with E-state index >= 15 is 0 Å². The molecule has 1 saturated carbocycles. The molecule has 2 rings (SSSR count). The molecule has 98 valence electrons. The number of carbonyl (C=O) groups is 1. The van der Waals surface area contributed by atoms with Gasteiger partial charge in [-0.2, -0.15) is 0 Å². The standard InChI is InChI=1S/C14H25NO2/c1-2-3-8-17-9-7-14(16)15-10-12-5-4-6-13(12)11-15/h12-13H,2-11H2,1H3/t12-,13+. The fourth-order valence-electron chi connectivity index (χ4n) is 3.10. The second-order valence-corrected chi connectivity index (χ2v) is 5.47. The third-order valence-electron chi connectivity index (χ3n) is 4.18. The van der Waals surface area contributed by atoms with Crippen molar-refractivity contribution in [1.29, 1.82) is 0 Å². The summed E-state index contributed by atoms with van der Waals surface area (Å²) >= 11 is 0. The Balaban J connectivity index is 1.60. The number of unbranched alkanes of at least 4 members (excludes halogenated alkanes) is 1. The maximum absolute atomic E-state index is 12.0. The summed E-state index contributed by atoms with van der Waals surface area (Å²) in [5.41, 5.74) is 0. The van der Waals surface area contributed by atoms with E-state index in [0.29, 0.717) is 18.9 Å². The molecule has 2 atom stereocenters. The zero-order chi connectivity index (χ0) is 12.1. The Morgan fingerprint density at radius 3 is 2.59 bits per heavy atom. The summed E-state index contributed by atoms with van der Waals surface area (Å²) in [6.45, 7) is 5.58. The maximum Gasteiger partial charge on any atom is 0.224 e. The molecule has 3 heteroatoms. The molecule has 2 fully saturated rings. The molecule has 1 aliphatic heterocycles. The van der Waals surface area contributed by atoms with Crippen LogP contribution in [-0.2, 0) is 9.53 Å². The Hall–Kier alpha value is -0.570. The van der Waals surface area contributed by atoms with Crippen LogP contribution in [0, 0.1) is 11.8 Å². The number of hydrogen-bond donors (Lipinski definition) is 0. The van der Waals surface area contributed by atoms with Gasteiger partial charge in [0.25, 0.3) is 0 Å². The lowest BCUT2D eigenvalue weighted by atomic mass is 10.0. The van der Waals surface area contributed by atoms with Crippen LogP contribution >= 0.6 is 0 Å². The van der Waals surface area contributed by atoms with Crippen molar-refractivity contribution in [2.45, 2.75) is 45.4 Å². The fraction of sp³-hybridized carbons (Fsp3) is 0.929. The Morgan fingerprint density at radius 2 is 1.94 bits per heavy atom. The second-order valence-electron chi connectivity index (χ2n) is 5.47. The van der Waals surface area contributed by atoms with Gasteiger partial charge in [0.05, 0.1) is 13.0 Å². The smallest absolute Gasteiger partial charge is 0.224 e. The van der Waals surface area contributed by atoms with Crippen molar-refractivity contribution in [3.05, 3.63) is 0 Å². The van der Waals surface area contributed by atoms with Gasteiger partial charge in [-0.3, -0.25) is 4.79 Å². The highest BCUT2D eigenvalue weighted by Gasteiger charge is 2.37. The number of likely N-dealkylation sites (tertiary alicyclic amines) is 1. The van der Waals surface area contributed by atoms with E-state index in [0.717, 1.165) is 44.4 Å². The monoisotopic (exact) mass is 239 g/mol. The summed E-state index contributed by atoms with van der Waals surface area (Å²) in [6, 6.07) is 0. The van der Waals surface area contributed by atoms with Crippen molar-refractivity contribution in [1.82, 2.24) is 4.90 Å². The molecule has 0 aromatic carbocycles. The Kier molecular flexibility index (Phi) is 4.84. The normalized spacial score (nSPS) is 27.5. The fourth-order valence-corrected chi connectivity index (χ4v) is 3.10. The van der Waals surface area contributed by atoms with E-state index in [1.54, 1.807) is 0 Å². The molecular formula is C14H25NO2. The molecule has 0 radical (unpaired) electrons. The summed E-state index contributed by atoms with van der Waals surface area (Å²) in [6.07, 6.45) is 6.87. The van der Waals surface area contributed by atoms with E-state index < -0.39 is 0 Å². The third kappa shape index (κ3) is 3.44. The van der Waals surface area contributed by atoms with Crippen molar-refractivity contribution in [3.8, 4) is 0 Å². The summed E-state index contributed by atoms with van der Waals surface area (Å²) in [7, 11) is 0. The minimum atomic E-state index is 0.302. The molecule has 0 aromatic heterocycles. The number of fused-ring (bicyclic) bond motifs is 1. The lowest BCUT2D eigenvalue weighted by molar-refractivity contribution is -0.131. The number of amides is 1. The van der Waals surface area contributed by atoms with Crippen LogP contribution in [0.3, 0.4) is 0 Å². The molecule has 0 N–H and O–H groups in total. The van der Waals surface area contributed by atoms with E-state index in [4.69, 9.17) is 4.74 Å². The largest absolute Gasteiger partial charge is 0.381 e. The summed E-state index contributed by atoms with van der Waals surface area (Å²) < 4.78 is 5.45. The van der Waals surface area contributed by atoms with Crippen molar-refractivity contribution >= 4 is 5.91 Å². The summed E-state index contributed by atoms with van der Waals surface area (Å²) in [5.74, 6) is 1.91. The number of rotatable bonds is 6. The maximum atomic E-state index is 12.0. The molecule has 1 saturated heterocycles. The van der Waals surface area contributed by atoms with Crippen LogP contribution in [0.15, 0.2) is 0 Å². The SMILES string of the molecule is CCCCOCCC(=O)N1C[C@H]2CCC[C@H]2C1. The van der Waals surface area contributed by atoms with Gasteiger partial charge in [-0.25, -0.2) is 0 Å². The number of carbonyl (C=O) groups excluding carboxylic acids is 1. The van der Waals surface area contributed by atoms with Crippen LogP contribution in [0.4, 0.5) is 0 Å². The number of ether oxygens (including phenoxy) is 1. The van der Waals surface area contributed by atoms with Gasteiger partial charge >= 0.3 is 0 Å². The molecule has 1 heterocycles. The van der Waals surface area contributed by atoms with Gasteiger partial charge in [-0.15, -0.1) is 0 Å². The molecule has 1 aliphatic carbocycles. The predicted molar refractivity (Wildman–Crippen MR) is 67.8 cm³/mol. The summed E-state index contributed by atoms with van der Waals surface area (Å²) in [5, 5.41) is 0. The van der Waals surface area contributed by atoms with Crippen LogP contribution in [0.2, 0.25) is 0 Å². The Bertz CT molecular complexity index is 243. The topological polar surface area (TPSA) is 29.5 Å². The Morgan fingerprint density at radius 1 is 1.24 bits per heavy atom. The quantitative estimate of drug-likeness (QED) is 0.666. The predicted octanol–water partition coefficient (Wildman–Crippen LogP) is 2.45. The zero-order valence-electron chi connectivity index (χ0n) is 11.0. The first-order chi connectivity index (χ1) is 8.31. The average molecular weight is 239 g/mol. The lowest BCUT2D eigenvalue weighted by Gasteiger charge is -2.17. The molecule has 17 heavy (non-hydrogen) atoms. The third-order valence-corrected chi connectivity index (χ3v) is 4.18. The number of nitrogens with zero attached hydrogens (tertiary/aromatic N) is 1. The highest BCUT2D eigenvalue weighted by molar-refractivity contribution is 5.76. The van der Waals surface area contributed by atoms with Gasteiger partial charge in [0, 0.05) is 19.7 Å². The van der Waals surface area contributed by atoms with E-state index in [1.165, 1.54) is 19.3 Å². The molecule has 2 aliphatic rings. The lowest BCUT2D eigenvalue weighted by Crippen LogP contribution is -2.30. The second kappa shape index (κ2) is 6.39. The zero-order valence-corrected chi connectivity index (χ0v) is 11.0. The molecular weight excluding hydrogens is 214 g/mol. The molecule has 0 aromatic rings. The first-order valence-corrected chi connectivity index (χ1v) is 7.16. The highest BCUT2D eigenvalue weighted by atomic mass is 16.5. The minimum absolute atomic E-state index is 0.302. The van der Waals surface area contributed by atoms with E-state index in [9.17, 15) is 4.79 Å². The van der Waals surface area contributed by atoms with Gasteiger partial charge in [-0.1, -0.05) is 19.8 Å². The minimum Gasteiger partial charge on any atom is -0.381 e. The van der Waals surface area contributed by atoms with Crippen LogP contribution in [0.25, 0.3) is 0 Å². The van der Waals surface area contributed by atoms with E-state index in [2.05, 4.69) is 11.8 Å². The molecule has 3 nitrogen and oxygen atoms in total. The van der Waals surface area contributed by atoms with Crippen LogP contribution in [-0.4, -0.2) is 37.1 Å². The Labute approximate surface area is 105 Å². The van der Waals surface area contributed by atoms with Gasteiger partial charge in [0.1, 0.15) is 0 Å². The van der Waals surface area contributed by atoms with Crippen molar-refractivity contribution < 1.29 is 9.53 Å². The van der Waals surface area contributed by atoms with Crippen LogP contribution in [0.1, 0.15) is 45.4 Å². The first-order valence-electron chi connectivity index (χ1n) is 7.16. The van der Waals surface area contributed by atoms with Crippen LogP contribution < -0.4 is 0 Å².